The average Bonchev–Trinajstić information content (AvgIpc) is 2.93. The molecule has 0 fully saturated rings. The number of nitrogens with zero attached hydrogens (tertiary/aromatic N) is 6. The summed E-state index contributed by atoms with van der Waals surface area (Å²) < 4.78 is 0. The standard InChI is InChI=1S/2C2H2N4O2.Co/c2*7-2(8)1-3-5-6-4-1;/h2*(H,7,8)(H,3,4,5,6);. The summed E-state index contributed by atoms with van der Waals surface area (Å²) in [5.74, 6) is -2.99. The maximum absolute atomic E-state index is 9.88. The SMILES string of the molecule is O=C(O)c1nn[nH]n1.O=C(O)c1nn[nH]n1.[Co]. The number of carbonyl (C=O) groups is 2. The fourth-order valence-electron chi connectivity index (χ4n) is 0.505. The summed E-state index contributed by atoms with van der Waals surface area (Å²) in [6.07, 6.45) is 0. The molecule has 0 saturated heterocycles. The predicted molar refractivity (Wildman–Crippen MR) is 42.3 cm³/mol. The zero-order chi connectivity index (χ0) is 12.0. The van der Waals surface area contributed by atoms with Gasteiger partial charge in [-0.25, -0.2) is 9.59 Å². The minimum absolute atomic E-state index is 0. The number of nitrogens with one attached hydrogen (secondary N) is 2. The van der Waals surface area contributed by atoms with E-state index in [0.717, 1.165) is 0 Å². The number of hydrogen-bond acceptors (Lipinski definition) is 8. The molecule has 12 nitrogen and oxygen atoms in total. The minimum Gasteiger partial charge on any atom is -0.475 e. The maximum Gasteiger partial charge on any atom is 0.377 e. The van der Waals surface area contributed by atoms with Crippen molar-refractivity contribution in [3.05, 3.63) is 11.6 Å². The summed E-state index contributed by atoms with van der Waals surface area (Å²) in [5, 5.41) is 38.9. The quantitative estimate of drug-likeness (QED) is 0.472. The van der Waals surface area contributed by atoms with Crippen LogP contribution in [0.5, 0.6) is 0 Å². The van der Waals surface area contributed by atoms with Crippen molar-refractivity contribution in [2.75, 3.05) is 0 Å². The van der Waals surface area contributed by atoms with E-state index in [9.17, 15) is 9.59 Å². The third-order valence-corrected chi connectivity index (χ3v) is 1.07. The van der Waals surface area contributed by atoms with E-state index in [2.05, 4.69) is 30.8 Å². The summed E-state index contributed by atoms with van der Waals surface area (Å²) in [6.45, 7) is 0. The van der Waals surface area contributed by atoms with Gasteiger partial charge in [-0.15, -0.1) is 20.4 Å². The Kier molecular flexibility index (Phi) is 5.97. The molecule has 17 heavy (non-hydrogen) atoms. The van der Waals surface area contributed by atoms with Crippen LogP contribution in [0.15, 0.2) is 0 Å². The van der Waals surface area contributed by atoms with Gasteiger partial charge in [0.25, 0.3) is 11.6 Å². The van der Waals surface area contributed by atoms with Gasteiger partial charge in [-0.05, 0) is 10.4 Å². The first-order valence-corrected chi connectivity index (χ1v) is 3.54. The van der Waals surface area contributed by atoms with E-state index >= 15 is 0 Å². The van der Waals surface area contributed by atoms with Crippen LogP contribution in [0.1, 0.15) is 21.2 Å². The molecule has 0 saturated carbocycles. The first-order valence-electron chi connectivity index (χ1n) is 3.54. The topological polar surface area (TPSA) is 184 Å². The molecule has 2 aromatic rings. The Labute approximate surface area is 102 Å². The van der Waals surface area contributed by atoms with E-state index in [1.165, 1.54) is 0 Å². The normalized spacial score (nSPS) is 8.47. The predicted octanol–water partition coefficient (Wildman–Crippen LogP) is -2.21. The molecule has 0 aliphatic heterocycles. The van der Waals surface area contributed by atoms with Crippen molar-refractivity contribution >= 4 is 11.9 Å². The number of carboxylic acids is 2. The van der Waals surface area contributed by atoms with Crippen LogP contribution in [0.2, 0.25) is 0 Å². The van der Waals surface area contributed by atoms with E-state index in [1.54, 1.807) is 0 Å². The van der Waals surface area contributed by atoms with Gasteiger partial charge < -0.3 is 10.2 Å². The van der Waals surface area contributed by atoms with Crippen molar-refractivity contribution in [1.82, 2.24) is 41.2 Å². The number of aromatic nitrogens is 8. The van der Waals surface area contributed by atoms with Crippen molar-refractivity contribution in [2.24, 2.45) is 0 Å². The molecule has 2 rings (SSSR count). The Bertz CT molecular complexity index is 410. The third kappa shape index (κ3) is 4.75. The molecule has 0 aliphatic carbocycles. The van der Waals surface area contributed by atoms with E-state index in [4.69, 9.17) is 10.2 Å². The second kappa shape index (κ2) is 6.96. The van der Waals surface area contributed by atoms with Crippen molar-refractivity contribution in [3.8, 4) is 0 Å². The van der Waals surface area contributed by atoms with Crippen molar-refractivity contribution in [3.63, 3.8) is 0 Å². The molecule has 93 valence electrons. The maximum atomic E-state index is 9.88. The number of hydrogen-bond donors (Lipinski definition) is 4. The van der Waals surface area contributed by atoms with Crippen molar-refractivity contribution in [2.45, 2.75) is 0 Å². The van der Waals surface area contributed by atoms with Crippen LogP contribution >= 0.6 is 0 Å². The van der Waals surface area contributed by atoms with Gasteiger partial charge in [0.15, 0.2) is 0 Å². The third-order valence-electron chi connectivity index (χ3n) is 1.07. The summed E-state index contributed by atoms with van der Waals surface area (Å²) in [4.78, 5) is 19.8. The first kappa shape index (κ1) is 14.6. The Morgan fingerprint density at radius 1 is 0.882 bits per heavy atom. The molecule has 0 amide bonds. The Morgan fingerprint density at radius 3 is 1.35 bits per heavy atom. The van der Waals surface area contributed by atoms with E-state index in [1.807, 2.05) is 10.4 Å². The molecule has 13 heteroatoms. The number of aromatic amines is 2. The molecular weight excluding hydrogens is 283 g/mol. The van der Waals surface area contributed by atoms with Gasteiger partial charge in [-0.2, -0.15) is 10.4 Å². The molecule has 1 radical (unpaired) electrons. The zero-order valence-corrected chi connectivity index (χ0v) is 8.77. The zero-order valence-electron chi connectivity index (χ0n) is 7.73. The Morgan fingerprint density at radius 2 is 1.24 bits per heavy atom. The van der Waals surface area contributed by atoms with Gasteiger partial charge in [-0.1, -0.05) is 0 Å². The van der Waals surface area contributed by atoms with Crippen molar-refractivity contribution in [1.29, 1.82) is 0 Å². The van der Waals surface area contributed by atoms with Gasteiger partial charge in [-0.3, -0.25) is 0 Å². The van der Waals surface area contributed by atoms with Gasteiger partial charge in [0.2, 0.25) is 0 Å². The second-order valence-corrected chi connectivity index (χ2v) is 2.08. The van der Waals surface area contributed by atoms with Gasteiger partial charge in [0.05, 0.1) is 0 Å². The smallest absolute Gasteiger partial charge is 0.377 e. The molecule has 0 unspecified atom stereocenters. The van der Waals surface area contributed by atoms with Gasteiger partial charge in [0.1, 0.15) is 0 Å². The number of rotatable bonds is 2. The van der Waals surface area contributed by atoms with Crippen LogP contribution in [0.25, 0.3) is 0 Å². The first-order chi connectivity index (χ1) is 7.61. The monoisotopic (exact) mass is 287 g/mol. The van der Waals surface area contributed by atoms with Crippen LogP contribution in [0, 0.1) is 0 Å². The van der Waals surface area contributed by atoms with E-state index in [-0.39, 0.29) is 28.4 Å². The fourth-order valence-corrected chi connectivity index (χ4v) is 0.505. The molecule has 0 aliphatic rings. The Hall–Kier alpha value is -2.41. The molecule has 2 aromatic heterocycles. The van der Waals surface area contributed by atoms with Gasteiger partial charge >= 0.3 is 11.9 Å². The molecule has 2 heterocycles. The van der Waals surface area contributed by atoms with E-state index in [0.29, 0.717) is 0 Å². The Balaban J connectivity index is 0.000000284. The molecule has 0 spiro atoms. The van der Waals surface area contributed by atoms with Gasteiger partial charge in [0, 0.05) is 16.8 Å². The number of H-pyrrole nitrogens is 2. The molecule has 0 atom stereocenters. The molecule has 4 N–H and O–H groups in total. The second-order valence-electron chi connectivity index (χ2n) is 2.08. The van der Waals surface area contributed by atoms with Crippen molar-refractivity contribution < 1.29 is 36.6 Å². The van der Waals surface area contributed by atoms with Crippen LogP contribution in [-0.2, 0) is 16.8 Å². The summed E-state index contributed by atoms with van der Waals surface area (Å²) in [6, 6.07) is 0. The summed E-state index contributed by atoms with van der Waals surface area (Å²) >= 11 is 0. The van der Waals surface area contributed by atoms with E-state index < -0.39 is 11.9 Å². The summed E-state index contributed by atoms with van der Waals surface area (Å²) in [7, 11) is 0. The van der Waals surface area contributed by atoms with Crippen LogP contribution < -0.4 is 0 Å². The fraction of sp³-hybridized carbons (Fsp3) is 0. The average molecular weight is 287 g/mol. The summed E-state index contributed by atoms with van der Waals surface area (Å²) in [5.41, 5.74) is 0. The van der Waals surface area contributed by atoms with Crippen LogP contribution in [0.3, 0.4) is 0 Å². The minimum atomic E-state index is -1.18. The molecule has 0 bridgehead atoms. The van der Waals surface area contributed by atoms with Crippen LogP contribution in [0.4, 0.5) is 0 Å². The number of tetrazole rings is 2. The number of aromatic carboxylic acids is 2. The number of carboxylic acid groups (broad SMARTS) is 2. The van der Waals surface area contributed by atoms with Crippen LogP contribution in [-0.4, -0.2) is 63.4 Å². The molecule has 0 aromatic carbocycles. The molecular formula is C4H4CoN8O4. The largest absolute Gasteiger partial charge is 0.475 e.